The third-order valence-corrected chi connectivity index (χ3v) is 1.28. The van der Waals surface area contributed by atoms with Gasteiger partial charge in [0.1, 0.15) is 11.8 Å². The third kappa shape index (κ3) is 1.75. The minimum absolute atomic E-state index is 0.517. The summed E-state index contributed by atoms with van der Waals surface area (Å²) >= 11 is 0. The van der Waals surface area contributed by atoms with Crippen molar-refractivity contribution < 1.29 is 17.6 Å². The Morgan fingerprint density at radius 2 is 2.00 bits per heavy atom. The van der Waals surface area contributed by atoms with Crippen LogP contribution in [0.2, 0.25) is 0 Å². The van der Waals surface area contributed by atoms with E-state index in [0.717, 1.165) is 0 Å². The van der Waals surface area contributed by atoms with Gasteiger partial charge in [-0.25, -0.2) is 18.2 Å². The van der Waals surface area contributed by atoms with Crippen molar-refractivity contribution in [3.05, 3.63) is 29.1 Å². The van der Waals surface area contributed by atoms with Crippen LogP contribution in [-0.2, 0) is 0 Å². The predicted octanol–water partition coefficient (Wildman–Crippen LogP) is 2.17. The van der Waals surface area contributed by atoms with E-state index in [1.54, 1.807) is 0 Å². The van der Waals surface area contributed by atoms with Gasteiger partial charge in [0, 0.05) is 0 Å². The van der Waals surface area contributed by atoms with E-state index < -0.39 is 29.4 Å². The average Bonchev–Trinajstić information content (AvgIpc) is 2.09. The SMILES string of the molecule is N#Cc1cc(C(F)F)nc(F)c1F. The molecule has 0 bridgehead atoms. The quantitative estimate of drug-likeness (QED) is 0.502. The van der Waals surface area contributed by atoms with Crippen LogP contribution in [0.15, 0.2) is 6.07 Å². The van der Waals surface area contributed by atoms with E-state index in [2.05, 4.69) is 4.98 Å². The molecular formula is C7H2F4N2. The van der Waals surface area contributed by atoms with Crippen molar-refractivity contribution in [2.45, 2.75) is 6.43 Å². The van der Waals surface area contributed by atoms with Gasteiger partial charge in [-0.05, 0) is 6.07 Å². The molecule has 0 spiro atoms. The third-order valence-electron chi connectivity index (χ3n) is 1.28. The summed E-state index contributed by atoms with van der Waals surface area (Å²) in [6, 6.07) is 1.76. The number of rotatable bonds is 1. The molecule has 1 heterocycles. The van der Waals surface area contributed by atoms with E-state index in [0.29, 0.717) is 6.07 Å². The van der Waals surface area contributed by atoms with Gasteiger partial charge in [-0.3, -0.25) is 0 Å². The number of nitrogens with zero attached hydrogens (tertiary/aromatic N) is 2. The number of hydrogen-bond acceptors (Lipinski definition) is 2. The van der Waals surface area contributed by atoms with Crippen molar-refractivity contribution in [3.8, 4) is 6.07 Å². The lowest BCUT2D eigenvalue weighted by molar-refractivity contribution is 0.144. The molecule has 0 radical (unpaired) electrons. The summed E-state index contributed by atoms with van der Waals surface area (Å²) in [5.74, 6) is -3.19. The molecule has 6 heteroatoms. The van der Waals surface area contributed by atoms with Crippen LogP contribution in [0.4, 0.5) is 17.6 Å². The minimum Gasteiger partial charge on any atom is -0.216 e. The van der Waals surface area contributed by atoms with Crippen LogP contribution in [-0.4, -0.2) is 4.98 Å². The maximum absolute atomic E-state index is 12.5. The smallest absolute Gasteiger partial charge is 0.216 e. The monoisotopic (exact) mass is 190 g/mol. The highest BCUT2D eigenvalue weighted by molar-refractivity contribution is 5.31. The Morgan fingerprint density at radius 3 is 2.46 bits per heavy atom. The Labute approximate surface area is 70.4 Å². The van der Waals surface area contributed by atoms with E-state index in [1.165, 1.54) is 6.07 Å². The van der Waals surface area contributed by atoms with E-state index in [-0.39, 0.29) is 0 Å². The number of nitriles is 1. The number of halogens is 4. The van der Waals surface area contributed by atoms with E-state index in [9.17, 15) is 17.6 Å². The molecule has 1 rings (SSSR count). The zero-order valence-electron chi connectivity index (χ0n) is 6.06. The first-order valence-electron chi connectivity index (χ1n) is 3.10. The molecule has 0 aliphatic carbocycles. The highest BCUT2D eigenvalue weighted by Gasteiger charge is 2.17. The van der Waals surface area contributed by atoms with Crippen LogP contribution in [0.1, 0.15) is 17.7 Å². The number of pyridine rings is 1. The first kappa shape index (κ1) is 9.45. The number of aromatic nitrogens is 1. The van der Waals surface area contributed by atoms with Gasteiger partial charge in [0.05, 0.1) is 5.56 Å². The molecule has 0 saturated carbocycles. The molecule has 0 saturated heterocycles. The first-order valence-corrected chi connectivity index (χ1v) is 3.10. The Bertz CT molecular complexity index is 369. The first-order chi connectivity index (χ1) is 6.06. The van der Waals surface area contributed by atoms with Crippen molar-refractivity contribution in [1.29, 1.82) is 5.26 Å². The summed E-state index contributed by atoms with van der Waals surface area (Å²) in [7, 11) is 0. The van der Waals surface area contributed by atoms with Gasteiger partial charge in [-0.2, -0.15) is 9.65 Å². The average molecular weight is 190 g/mol. The van der Waals surface area contributed by atoms with Crippen molar-refractivity contribution in [1.82, 2.24) is 4.98 Å². The van der Waals surface area contributed by atoms with Crippen LogP contribution in [0, 0.1) is 23.1 Å². The van der Waals surface area contributed by atoms with Crippen molar-refractivity contribution >= 4 is 0 Å². The fourth-order valence-electron chi connectivity index (χ4n) is 0.710. The zero-order chi connectivity index (χ0) is 10.0. The highest BCUT2D eigenvalue weighted by atomic mass is 19.3. The lowest BCUT2D eigenvalue weighted by Gasteiger charge is -2.00. The van der Waals surface area contributed by atoms with Gasteiger partial charge >= 0.3 is 0 Å². The topological polar surface area (TPSA) is 36.7 Å². The second kappa shape index (κ2) is 3.39. The fourth-order valence-corrected chi connectivity index (χ4v) is 0.710. The summed E-state index contributed by atoms with van der Waals surface area (Å²) in [6.45, 7) is 0. The fraction of sp³-hybridized carbons (Fsp3) is 0.143. The van der Waals surface area contributed by atoms with Crippen LogP contribution < -0.4 is 0 Å². The van der Waals surface area contributed by atoms with Crippen LogP contribution in [0.5, 0.6) is 0 Å². The van der Waals surface area contributed by atoms with E-state index >= 15 is 0 Å². The van der Waals surface area contributed by atoms with Crippen molar-refractivity contribution in [3.63, 3.8) is 0 Å². The Kier molecular flexibility index (Phi) is 2.46. The van der Waals surface area contributed by atoms with Crippen LogP contribution >= 0.6 is 0 Å². The maximum Gasteiger partial charge on any atom is 0.280 e. The Balaban J connectivity index is 3.32. The minimum atomic E-state index is -3.03. The maximum atomic E-state index is 12.5. The highest BCUT2D eigenvalue weighted by Crippen LogP contribution is 2.19. The molecule has 0 aromatic carbocycles. The molecule has 0 aliphatic rings. The predicted molar refractivity (Wildman–Crippen MR) is 33.8 cm³/mol. The number of hydrogen-bond donors (Lipinski definition) is 0. The molecule has 0 N–H and O–H groups in total. The lowest BCUT2D eigenvalue weighted by Crippen LogP contribution is -2.00. The van der Waals surface area contributed by atoms with Gasteiger partial charge in [0.25, 0.3) is 12.4 Å². The normalized spacial score (nSPS) is 10.2. The second-order valence-corrected chi connectivity index (χ2v) is 2.11. The Morgan fingerprint density at radius 1 is 1.38 bits per heavy atom. The lowest BCUT2D eigenvalue weighted by atomic mass is 10.2. The van der Waals surface area contributed by atoms with Crippen LogP contribution in [0.3, 0.4) is 0 Å². The van der Waals surface area contributed by atoms with Gasteiger partial charge in [0.15, 0.2) is 5.82 Å². The molecule has 68 valence electrons. The molecular weight excluding hydrogens is 188 g/mol. The number of alkyl halides is 2. The van der Waals surface area contributed by atoms with Gasteiger partial charge in [-0.15, -0.1) is 0 Å². The van der Waals surface area contributed by atoms with Gasteiger partial charge in [0.2, 0.25) is 0 Å². The molecule has 2 nitrogen and oxygen atoms in total. The largest absolute Gasteiger partial charge is 0.280 e. The zero-order valence-corrected chi connectivity index (χ0v) is 6.06. The standard InChI is InChI=1S/C7H2F4N2/c8-5-3(2-12)1-4(6(9)10)13-7(5)11/h1,6H. The molecule has 0 aliphatic heterocycles. The molecule has 0 unspecified atom stereocenters. The van der Waals surface area contributed by atoms with Gasteiger partial charge in [-0.1, -0.05) is 0 Å². The molecule has 1 aromatic rings. The molecule has 13 heavy (non-hydrogen) atoms. The summed E-state index contributed by atoms with van der Waals surface area (Å²) in [6.07, 6.45) is -3.03. The summed E-state index contributed by atoms with van der Waals surface area (Å²) in [4.78, 5) is 2.64. The second-order valence-electron chi connectivity index (χ2n) is 2.11. The van der Waals surface area contributed by atoms with Crippen molar-refractivity contribution in [2.75, 3.05) is 0 Å². The molecule has 1 aromatic heterocycles. The van der Waals surface area contributed by atoms with Gasteiger partial charge < -0.3 is 0 Å². The Hall–Kier alpha value is -1.64. The summed E-state index contributed by atoms with van der Waals surface area (Å²) in [5, 5.41) is 8.22. The molecule has 0 fully saturated rings. The van der Waals surface area contributed by atoms with Crippen molar-refractivity contribution in [2.24, 2.45) is 0 Å². The summed E-state index contributed by atoms with van der Waals surface area (Å²) in [5.41, 5.74) is -1.72. The molecule has 0 atom stereocenters. The van der Waals surface area contributed by atoms with Crippen LogP contribution in [0.25, 0.3) is 0 Å². The van der Waals surface area contributed by atoms with E-state index in [4.69, 9.17) is 5.26 Å². The van der Waals surface area contributed by atoms with E-state index in [1.807, 2.05) is 0 Å². The molecule has 0 amide bonds. The summed E-state index contributed by atoms with van der Waals surface area (Å²) < 4.78 is 48.8.